The van der Waals surface area contributed by atoms with Crippen molar-refractivity contribution in [3.05, 3.63) is 53.3 Å². The number of benzene rings is 2. The molecule has 1 saturated heterocycles. The van der Waals surface area contributed by atoms with Crippen molar-refractivity contribution in [2.75, 3.05) is 24.5 Å². The number of rotatable bonds is 5. The van der Waals surface area contributed by atoms with E-state index in [2.05, 4.69) is 18.7 Å². The van der Waals surface area contributed by atoms with Crippen LogP contribution in [0, 0.1) is 11.7 Å². The number of carboxylic acid groups (broad SMARTS) is 1. The lowest BCUT2D eigenvalue weighted by atomic mass is 10.0. The van der Waals surface area contributed by atoms with Crippen LogP contribution in [0.15, 0.2) is 42.5 Å². The van der Waals surface area contributed by atoms with Crippen molar-refractivity contribution < 1.29 is 14.3 Å². The lowest BCUT2D eigenvalue weighted by Crippen LogP contribution is -2.36. The number of halogens is 2. The third-order valence-electron chi connectivity index (χ3n) is 5.14. The highest BCUT2D eigenvalue weighted by molar-refractivity contribution is 6.31. The molecule has 3 rings (SSSR count). The molecule has 1 N–H and O–H groups in total. The molecule has 1 heterocycles. The Morgan fingerprint density at radius 1 is 1.33 bits per heavy atom. The van der Waals surface area contributed by atoms with E-state index in [4.69, 9.17) is 11.6 Å². The highest BCUT2D eigenvalue weighted by atomic mass is 35.5. The Bertz CT molecular complexity index is 828. The van der Waals surface area contributed by atoms with Crippen molar-refractivity contribution in [3.63, 3.8) is 0 Å². The summed E-state index contributed by atoms with van der Waals surface area (Å²) >= 11 is 5.93. The van der Waals surface area contributed by atoms with Gasteiger partial charge in [0.15, 0.2) is 0 Å². The minimum atomic E-state index is -0.987. The van der Waals surface area contributed by atoms with Gasteiger partial charge in [0.2, 0.25) is 0 Å². The van der Waals surface area contributed by atoms with Crippen LogP contribution >= 0.6 is 11.6 Å². The van der Waals surface area contributed by atoms with Crippen LogP contribution in [0.2, 0.25) is 5.02 Å². The monoisotopic (exact) mass is 390 g/mol. The van der Waals surface area contributed by atoms with Gasteiger partial charge in [0.05, 0.1) is 10.7 Å². The predicted octanol–water partition coefficient (Wildman–Crippen LogP) is 5.36. The number of carbonyl (C=O) groups is 1. The van der Waals surface area contributed by atoms with Crippen LogP contribution in [0.25, 0.3) is 11.1 Å². The standard InChI is InChI=1S/C21H24ClFN2O2/c1-14(2)24-10-9-15(12-24)13-25(21(26)27)20-6-4-3-5-17(20)16-7-8-19(23)18(22)11-16/h3-8,11,14-15H,9-10,12-13H2,1-2H3,(H,26,27)/t15-/m1/s1. The molecule has 0 aromatic heterocycles. The molecule has 0 radical (unpaired) electrons. The zero-order chi connectivity index (χ0) is 19.6. The van der Waals surface area contributed by atoms with E-state index in [0.717, 1.165) is 25.1 Å². The number of para-hydroxylation sites is 1. The SMILES string of the molecule is CC(C)N1CC[C@@H](CN(C(=O)O)c2ccccc2-c2ccc(F)c(Cl)c2)C1. The van der Waals surface area contributed by atoms with E-state index in [1.54, 1.807) is 12.1 Å². The van der Waals surface area contributed by atoms with Gasteiger partial charge in [-0.1, -0.05) is 35.9 Å². The number of anilines is 1. The topological polar surface area (TPSA) is 43.8 Å². The van der Waals surface area contributed by atoms with E-state index in [0.29, 0.717) is 23.8 Å². The molecule has 0 spiro atoms. The maximum atomic E-state index is 13.5. The van der Waals surface area contributed by atoms with E-state index >= 15 is 0 Å². The van der Waals surface area contributed by atoms with Crippen LogP contribution in [0.5, 0.6) is 0 Å². The van der Waals surface area contributed by atoms with Crippen molar-refractivity contribution >= 4 is 23.4 Å². The minimum absolute atomic E-state index is 0.0209. The smallest absolute Gasteiger partial charge is 0.411 e. The lowest BCUT2D eigenvalue weighted by Gasteiger charge is -2.26. The van der Waals surface area contributed by atoms with Crippen LogP contribution in [-0.2, 0) is 0 Å². The molecular formula is C21H24ClFN2O2. The highest BCUT2D eigenvalue weighted by Gasteiger charge is 2.29. The zero-order valence-corrected chi connectivity index (χ0v) is 16.3. The molecular weight excluding hydrogens is 367 g/mol. The van der Waals surface area contributed by atoms with Gasteiger partial charge in [-0.25, -0.2) is 9.18 Å². The minimum Gasteiger partial charge on any atom is -0.465 e. The Kier molecular flexibility index (Phi) is 6.02. The van der Waals surface area contributed by atoms with E-state index < -0.39 is 11.9 Å². The van der Waals surface area contributed by atoms with E-state index in [-0.39, 0.29) is 10.9 Å². The van der Waals surface area contributed by atoms with Gasteiger partial charge in [0, 0.05) is 24.7 Å². The van der Waals surface area contributed by atoms with Crippen molar-refractivity contribution in [1.29, 1.82) is 0 Å². The predicted molar refractivity (Wildman–Crippen MR) is 107 cm³/mol. The summed E-state index contributed by atoms with van der Waals surface area (Å²) in [6.45, 7) is 6.64. The average molecular weight is 391 g/mol. The molecule has 6 heteroatoms. The molecule has 0 unspecified atom stereocenters. The summed E-state index contributed by atoms with van der Waals surface area (Å²) < 4.78 is 13.5. The second kappa shape index (κ2) is 8.28. The number of likely N-dealkylation sites (tertiary alicyclic amines) is 1. The Labute approximate surface area is 164 Å². The maximum absolute atomic E-state index is 13.5. The van der Waals surface area contributed by atoms with Crippen LogP contribution in [0.4, 0.5) is 14.9 Å². The summed E-state index contributed by atoms with van der Waals surface area (Å²) in [6, 6.07) is 12.2. The van der Waals surface area contributed by atoms with Crippen LogP contribution in [-0.4, -0.2) is 41.8 Å². The first-order chi connectivity index (χ1) is 12.9. The van der Waals surface area contributed by atoms with Crippen molar-refractivity contribution in [2.45, 2.75) is 26.3 Å². The number of nitrogens with zero attached hydrogens (tertiary/aromatic N) is 2. The molecule has 1 atom stereocenters. The van der Waals surface area contributed by atoms with Crippen molar-refractivity contribution in [1.82, 2.24) is 4.90 Å². The van der Waals surface area contributed by atoms with Gasteiger partial charge >= 0.3 is 6.09 Å². The summed E-state index contributed by atoms with van der Waals surface area (Å²) in [7, 11) is 0. The summed E-state index contributed by atoms with van der Waals surface area (Å²) in [4.78, 5) is 15.8. The summed E-state index contributed by atoms with van der Waals surface area (Å²) in [5.41, 5.74) is 2.01. The molecule has 2 aromatic carbocycles. The Hall–Kier alpha value is -2.11. The Morgan fingerprint density at radius 2 is 2.07 bits per heavy atom. The second-order valence-corrected chi connectivity index (χ2v) is 7.69. The molecule has 1 aliphatic heterocycles. The fourth-order valence-corrected chi connectivity index (χ4v) is 3.82. The second-order valence-electron chi connectivity index (χ2n) is 7.28. The first-order valence-corrected chi connectivity index (χ1v) is 9.53. The fourth-order valence-electron chi connectivity index (χ4n) is 3.64. The van der Waals surface area contributed by atoms with E-state index in [1.807, 2.05) is 18.2 Å². The van der Waals surface area contributed by atoms with Gasteiger partial charge in [-0.15, -0.1) is 0 Å². The first kappa shape index (κ1) is 19.6. The van der Waals surface area contributed by atoms with Crippen molar-refractivity contribution in [2.24, 2.45) is 5.92 Å². The van der Waals surface area contributed by atoms with Gasteiger partial charge in [-0.3, -0.25) is 4.90 Å². The molecule has 0 saturated carbocycles. The molecule has 1 fully saturated rings. The van der Waals surface area contributed by atoms with Gasteiger partial charge in [0.25, 0.3) is 0 Å². The van der Waals surface area contributed by atoms with Crippen LogP contribution < -0.4 is 4.90 Å². The van der Waals surface area contributed by atoms with Gasteiger partial charge in [-0.05, 0) is 56.5 Å². The fraction of sp³-hybridized carbons (Fsp3) is 0.381. The summed E-state index contributed by atoms with van der Waals surface area (Å²) in [5.74, 6) is -0.207. The summed E-state index contributed by atoms with van der Waals surface area (Å²) in [5, 5.41) is 9.88. The molecule has 27 heavy (non-hydrogen) atoms. The lowest BCUT2D eigenvalue weighted by molar-refractivity contribution is 0.200. The molecule has 2 aromatic rings. The maximum Gasteiger partial charge on any atom is 0.411 e. The molecule has 144 valence electrons. The van der Waals surface area contributed by atoms with Crippen LogP contribution in [0.3, 0.4) is 0 Å². The van der Waals surface area contributed by atoms with Crippen molar-refractivity contribution in [3.8, 4) is 11.1 Å². The van der Waals surface area contributed by atoms with Gasteiger partial charge in [0.1, 0.15) is 5.82 Å². The third-order valence-corrected chi connectivity index (χ3v) is 5.43. The molecule has 0 bridgehead atoms. The number of hydrogen-bond donors (Lipinski definition) is 1. The van der Waals surface area contributed by atoms with Gasteiger partial charge < -0.3 is 10.0 Å². The highest BCUT2D eigenvalue weighted by Crippen LogP contribution is 2.34. The molecule has 0 aliphatic carbocycles. The van der Waals surface area contributed by atoms with Crippen LogP contribution in [0.1, 0.15) is 20.3 Å². The van der Waals surface area contributed by atoms with Gasteiger partial charge in [-0.2, -0.15) is 0 Å². The Balaban J connectivity index is 1.90. The number of amides is 1. The molecule has 1 aliphatic rings. The first-order valence-electron chi connectivity index (χ1n) is 9.15. The van der Waals surface area contributed by atoms with E-state index in [1.165, 1.54) is 17.0 Å². The average Bonchev–Trinajstić information content (AvgIpc) is 3.11. The summed E-state index contributed by atoms with van der Waals surface area (Å²) in [6.07, 6.45) is -0.00868. The van der Waals surface area contributed by atoms with E-state index in [9.17, 15) is 14.3 Å². The normalized spacial score (nSPS) is 17.4. The number of hydrogen-bond acceptors (Lipinski definition) is 2. The largest absolute Gasteiger partial charge is 0.465 e. The quantitative estimate of drug-likeness (QED) is 0.747. The Morgan fingerprint density at radius 3 is 2.70 bits per heavy atom. The third kappa shape index (κ3) is 4.42. The molecule has 1 amide bonds. The zero-order valence-electron chi connectivity index (χ0n) is 15.5. The molecule has 4 nitrogen and oxygen atoms in total.